The maximum Gasteiger partial charge on any atom is 0.417 e. The number of benzene rings is 1. The van der Waals surface area contributed by atoms with Crippen molar-refractivity contribution in [3.8, 4) is 0 Å². The number of ether oxygens (including phenoxy) is 2. The molecule has 1 aromatic carbocycles. The minimum Gasteiger partial charge on any atom is -0.443 e. The number of alkyl halides is 1. The molecule has 5 heteroatoms. The van der Waals surface area contributed by atoms with Gasteiger partial charge in [-0.05, 0) is 45.7 Å². The third-order valence-electron chi connectivity index (χ3n) is 3.88. The van der Waals surface area contributed by atoms with Crippen molar-refractivity contribution in [2.45, 2.75) is 50.3 Å². The minimum atomic E-state index is -0.531. The number of hydrogen-bond acceptors (Lipinski definition) is 3. The van der Waals surface area contributed by atoms with Gasteiger partial charge in [0, 0.05) is 5.56 Å². The summed E-state index contributed by atoms with van der Waals surface area (Å²) in [7, 11) is 0. The fourth-order valence-corrected chi connectivity index (χ4v) is 4.14. The van der Waals surface area contributed by atoms with Gasteiger partial charge in [0.2, 0.25) is 0 Å². The first-order chi connectivity index (χ1) is 9.74. The van der Waals surface area contributed by atoms with Crippen molar-refractivity contribution in [1.29, 1.82) is 0 Å². The van der Waals surface area contributed by atoms with E-state index in [1.165, 1.54) is 0 Å². The van der Waals surface area contributed by atoms with Crippen molar-refractivity contribution in [1.82, 2.24) is 0 Å². The maximum atomic E-state index is 12.6. The zero-order chi connectivity index (χ0) is 15.4. The Hall–Kier alpha value is -1.07. The Kier molecular flexibility index (Phi) is 3.33. The molecule has 0 aliphatic carbocycles. The summed E-state index contributed by atoms with van der Waals surface area (Å²) in [6.45, 7) is 8.30. The summed E-state index contributed by atoms with van der Waals surface area (Å²) >= 11 is 3.84. The molecule has 2 heterocycles. The molecule has 0 aromatic heterocycles. The highest BCUT2D eigenvalue weighted by Crippen LogP contribution is 2.56. The topological polar surface area (TPSA) is 38.8 Å². The van der Waals surface area contributed by atoms with Crippen molar-refractivity contribution in [3.05, 3.63) is 29.3 Å². The van der Waals surface area contributed by atoms with Crippen LogP contribution < -0.4 is 4.90 Å². The number of anilines is 1. The first-order valence-corrected chi connectivity index (χ1v) is 7.96. The molecule has 1 aromatic rings. The molecule has 2 aliphatic rings. The number of carbonyl (C=O) groups excluding carboxylic acids is 1. The Morgan fingerprint density at radius 1 is 1.48 bits per heavy atom. The lowest BCUT2D eigenvalue weighted by molar-refractivity contribution is 0.0411. The zero-order valence-electron chi connectivity index (χ0n) is 12.8. The summed E-state index contributed by atoms with van der Waals surface area (Å²) in [5, 5.41) is 0. The Morgan fingerprint density at radius 3 is 2.86 bits per heavy atom. The average molecular weight is 354 g/mol. The molecular weight excluding hydrogens is 334 g/mol. The molecule has 0 radical (unpaired) electrons. The van der Waals surface area contributed by atoms with Gasteiger partial charge >= 0.3 is 6.09 Å². The highest BCUT2D eigenvalue weighted by Gasteiger charge is 2.57. The Labute approximate surface area is 133 Å². The van der Waals surface area contributed by atoms with E-state index < -0.39 is 5.60 Å². The van der Waals surface area contributed by atoms with E-state index in [0.29, 0.717) is 6.61 Å². The van der Waals surface area contributed by atoms with Crippen molar-refractivity contribution in [2.75, 3.05) is 11.5 Å². The fraction of sp³-hybridized carbons (Fsp3) is 0.562. The highest BCUT2D eigenvalue weighted by molar-refractivity contribution is 9.09. The van der Waals surface area contributed by atoms with Crippen LogP contribution in [0.5, 0.6) is 0 Å². The second-order valence-corrected chi connectivity index (χ2v) is 8.07. The minimum absolute atomic E-state index is 0.329. The molecule has 3 rings (SSSR count). The van der Waals surface area contributed by atoms with Gasteiger partial charge in [-0.2, -0.15) is 0 Å². The second kappa shape index (κ2) is 4.71. The number of amides is 1. The first kappa shape index (κ1) is 14.9. The summed E-state index contributed by atoms with van der Waals surface area (Å²) in [5.74, 6) is 0. The molecule has 0 unspecified atom stereocenters. The Morgan fingerprint density at radius 2 is 2.19 bits per heavy atom. The molecule has 1 fully saturated rings. The predicted octanol–water partition coefficient (Wildman–Crippen LogP) is 4.09. The average Bonchev–Trinajstić information content (AvgIpc) is 2.79. The monoisotopic (exact) mass is 353 g/mol. The summed E-state index contributed by atoms with van der Waals surface area (Å²) in [4.78, 5) is 14.3. The molecule has 2 aliphatic heterocycles. The van der Waals surface area contributed by atoms with Gasteiger partial charge in [-0.25, -0.2) is 9.69 Å². The lowest BCUT2D eigenvalue weighted by Crippen LogP contribution is -2.45. The fourth-order valence-electron chi connectivity index (χ4n) is 3.13. The van der Waals surface area contributed by atoms with E-state index in [1.807, 2.05) is 32.9 Å². The number of nitrogens with zero attached hydrogens (tertiary/aromatic N) is 1. The summed E-state index contributed by atoms with van der Waals surface area (Å²) in [6.07, 6.45) is 0.139. The van der Waals surface area contributed by atoms with Crippen LogP contribution in [-0.2, 0) is 13.8 Å². The van der Waals surface area contributed by atoms with E-state index in [-0.39, 0.29) is 16.6 Å². The van der Waals surface area contributed by atoms with E-state index in [4.69, 9.17) is 9.47 Å². The largest absolute Gasteiger partial charge is 0.443 e. The number of fused-ring (bicyclic) bond motifs is 3. The molecular formula is C16H20BrNO3. The van der Waals surface area contributed by atoms with Gasteiger partial charge in [0.15, 0.2) is 6.23 Å². The molecule has 114 valence electrons. The van der Waals surface area contributed by atoms with Gasteiger partial charge in [0.1, 0.15) is 9.93 Å². The second-order valence-electron chi connectivity index (χ2n) is 6.66. The van der Waals surface area contributed by atoms with Crippen LogP contribution in [0.4, 0.5) is 10.5 Å². The SMILES string of the molecule is Cc1cccc2c1[C@]1(Br)CCO[C@@H]1N2C(=O)OC(C)(C)C. The lowest BCUT2D eigenvalue weighted by atomic mass is 9.94. The first-order valence-electron chi connectivity index (χ1n) is 7.17. The van der Waals surface area contributed by atoms with Gasteiger partial charge < -0.3 is 9.47 Å². The van der Waals surface area contributed by atoms with Crippen LogP contribution in [0.25, 0.3) is 0 Å². The molecule has 0 N–H and O–H groups in total. The number of hydrogen-bond donors (Lipinski definition) is 0. The summed E-state index contributed by atoms with van der Waals surface area (Å²) < 4.78 is 11.1. The van der Waals surface area contributed by atoms with Gasteiger partial charge in [-0.3, -0.25) is 0 Å². The Balaban J connectivity index is 2.07. The molecule has 1 saturated heterocycles. The third-order valence-corrected chi connectivity index (χ3v) is 5.07. The normalized spacial score (nSPS) is 27.5. The van der Waals surface area contributed by atoms with Crippen LogP contribution in [-0.4, -0.2) is 24.5 Å². The van der Waals surface area contributed by atoms with Crippen LogP contribution in [0.2, 0.25) is 0 Å². The van der Waals surface area contributed by atoms with Crippen LogP contribution in [0.3, 0.4) is 0 Å². The van der Waals surface area contributed by atoms with Gasteiger partial charge in [0.25, 0.3) is 0 Å². The zero-order valence-corrected chi connectivity index (χ0v) is 14.4. The van der Waals surface area contributed by atoms with Crippen molar-refractivity contribution in [3.63, 3.8) is 0 Å². The van der Waals surface area contributed by atoms with Gasteiger partial charge in [0.05, 0.1) is 12.3 Å². The predicted molar refractivity (Wildman–Crippen MR) is 84.9 cm³/mol. The molecule has 0 spiro atoms. The molecule has 2 atom stereocenters. The van der Waals surface area contributed by atoms with Crippen molar-refractivity contribution < 1.29 is 14.3 Å². The lowest BCUT2D eigenvalue weighted by Gasteiger charge is -2.29. The molecule has 0 saturated carbocycles. The van der Waals surface area contributed by atoms with Crippen molar-refractivity contribution >= 4 is 27.7 Å². The maximum absolute atomic E-state index is 12.6. The molecule has 4 nitrogen and oxygen atoms in total. The third kappa shape index (κ3) is 2.27. The van der Waals surface area contributed by atoms with Crippen LogP contribution >= 0.6 is 15.9 Å². The van der Waals surface area contributed by atoms with E-state index in [1.54, 1.807) is 4.90 Å². The standard InChI is InChI=1S/C16H20BrNO3/c1-10-6-5-7-11-12(10)16(17)8-9-20-13(16)18(11)14(19)21-15(2,3)4/h5-7,13H,8-9H2,1-4H3/t13-,16+/m0/s1. The molecule has 1 amide bonds. The number of aryl methyl sites for hydroxylation is 1. The summed E-state index contributed by atoms with van der Waals surface area (Å²) in [5.41, 5.74) is 2.65. The van der Waals surface area contributed by atoms with Crippen LogP contribution in [0.1, 0.15) is 38.3 Å². The van der Waals surface area contributed by atoms with Gasteiger partial charge in [-0.15, -0.1) is 0 Å². The van der Waals surface area contributed by atoms with E-state index in [2.05, 4.69) is 28.9 Å². The van der Waals surface area contributed by atoms with E-state index >= 15 is 0 Å². The van der Waals surface area contributed by atoms with E-state index in [0.717, 1.165) is 23.2 Å². The van der Waals surface area contributed by atoms with Crippen molar-refractivity contribution in [2.24, 2.45) is 0 Å². The van der Waals surface area contributed by atoms with Crippen LogP contribution in [0, 0.1) is 6.92 Å². The Bertz CT molecular complexity index is 596. The number of halogens is 1. The quantitative estimate of drug-likeness (QED) is 0.659. The highest BCUT2D eigenvalue weighted by atomic mass is 79.9. The summed E-state index contributed by atoms with van der Waals surface area (Å²) in [6, 6.07) is 5.98. The van der Waals surface area contributed by atoms with E-state index in [9.17, 15) is 4.79 Å². The smallest absolute Gasteiger partial charge is 0.417 e. The number of rotatable bonds is 0. The molecule has 21 heavy (non-hydrogen) atoms. The molecule has 0 bridgehead atoms. The number of carbonyl (C=O) groups is 1. The van der Waals surface area contributed by atoms with Crippen LogP contribution in [0.15, 0.2) is 18.2 Å². The van der Waals surface area contributed by atoms with Gasteiger partial charge in [-0.1, -0.05) is 28.1 Å².